The molecule has 8 nitrogen and oxygen atoms in total. The van der Waals surface area contributed by atoms with E-state index in [9.17, 15) is 22.4 Å². The largest absolute Gasteiger partial charge is 0.323 e. The molecule has 0 spiro atoms. The van der Waals surface area contributed by atoms with Gasteiger partial charge in [0.05, 0.1) is 27.2 Å². The van der Waals surface area contributed by atoms with Crippen molar-refractivity contribution in [2.45, 2.75) is 4.90 Å². The molecule has 0 unspecified atom stereocenters. The third-order valence-electron chi connectivity index (χ3n) is 4.32. The molecule has 0 saturated heterocycles. The number of halogens is 1. The van der Waals surface area contributed by atoms with E-state index in [0.29, 0.717) is 16.7 Å². The summed E-state index contributed by atoms with van der Waals surface area (Å²) in [5, 5.41) is 2.59. The second-order valence-corrected chi connectivity index (χ2v) is 8.08. The summed E-state index contributed by atoms with van der Waals surface area (Å²) < 4.78 is 41.1. The topological polar surface area (TPSA) is 124 Å². The fourth-order valence-electron chi connectivity index (χ4n) is 2.88. The van der Waals surface area contributed by atoms with E-state index in [0.717, 1.165) is 0 Å². The van der Waals surface area contributed by atoms with E-state index in [2.05, 4.69) is 20.0 Å². The maximum atomic E-state index is 13.0. The molecule has 0 saturated carbocycles. The second kappa shape index (κ2) is 7.48. The van der Waals surface area contributed by atoms with Gasteiger partial charge in [0.2, 0.25) is 0 Å². The summed E-state index contributed by atoms with van der Waals surface area (Å²) in [4.78, 5) is 29.0. The number of para-hydroxylation sites is 1. The first-order valence-electron chi connectivity index (χ1n) is 8.73. The van der Waals surface area contributed by atoms with Crippen LogP contribution < -0.4 is 15.7 Å². The number of sulfonamides is 1. The van der Waals surface area contributed by atoms with Crippen LogP contribution in [0, 0.1) is 5.82 Å². The highest BCUT2D eigenvalue weighted by Gasteiger charge is 2.19. The third-order valence-corrected chi connectivity index (χ3v) is 5.68. The lowest BCUT2D eigenvalue weighted by Gasteiger charge is -2.13. The number of carbonyl (C=O) groups excluding carboxylic acids is 1. The van der Waals surface area contributed by atoms with Gasteiger partial charge in [-0.05, 0) is 54.6 Å². The zero-order chi connectivity index (χ0) is 21.3. The van der Waals surface area contributed by atoms with Gasteiger partial charge in [0.1, 0.15) is 5.82 Å². The van der Waals surface area contributed by atoms with Gasteiger partial charge in [-0.25, -0.2) is 17.6 Å². The highest BCUT2D eigenvalue weighted by Crippen LogP contribution is 2.23. The lowest BCUT2D eigenvalue weighted by atomic mass is 10.1. The molecule has 3 aromatic carbocycles. The van der Waals surface area contributed by atoms with Crippen molar-refractivity contribution in [3.63, 3.8) is 0 Å². The zero-order valence-corrected chi connectivity index (χ0v) is 16.1. The fourth-order valence-corrected chi connectivity index (χ4v) is 3.99. The number of rotatable bonds is 5. The predicted octanol–water partition coefficient (Wildman–Crippen LogP) is 3.05. The van der Waals surface area contributed by atoms with Crippen molar-refractivity contribution in [2.24, 2.45) is 0 Å². The lowest BCUT2D eigenvalue weighted by Crippen LogP contribution is -2.18. The Labute approximate surface area is 169 Å². The van der Waals surface area contributed by atoms with Gasteiger partial charge in [-0.2, -0.15) is 0 Å². The molecule has 0 aliphatic rings. The Kier molecular flexibility index (Phi) is 4.84. The fraction of sp³-hybridized carbons (Fsp3) is 0. The molecule has 4 rings (SSSR count). The van der Waals surface area contributed by atoms with E-state index in [1.54, 1.807) is 12.1 Å². The van der Waals surface area contributed by atoms with Crippen LogP contribution in [-0.2, 0) is 10.0 Å². The molecule has 0 atom stereocenters. The summed E-state index contributed by atoms with van der Waals surface area (Å²) >= 11 is 0. The van der Waals surface area contributed by atoms with Gasteiger partial charge in [0.25, 0.3) is 15.9 Å². The Hall–Kier alpha value is -3.92. The second-order valence-electron chi connectivity index (χ2n) is 6.40. The zero-order valence-electron chi connectivity index (χ0n) is 15.3. The summed E-state index contributed by atoms with van der Waals surface area (Å²) in [5.41, 5.74) is 0.876. The molecule has 4 aromatic rings. The van der Waals surface area contributed by atoms with Crippen molar-refractivity contribution < 1.29 is 17.6 Å². The SMILES string of the molecule is O=C(Nc1ccc(F)cc1)c1ccccc1NS(=O)(=O)c1ccc2[nH]c(=O)[nH]c2c1. The van der Waals surface area contributed by atoms with E-state index >= 15 is 0 Å². The summed E-state index contributed by atoms with van der Waals surface area (Å²) in [6.45, 7) is 0. The molecule has 0 aliphatic heterocycles. The Morgan fingerprint density at radius 1 is 0.900 bits per heavy atom. The number of benzene rings is 3. The number of anilines is 2. The first-order valence-corrected chi connectivity index (χ1v) is 10.2. The quantitative estimate of drug-likeness (QED) is 0.392. The van der Waals surface area contributed by atoms with Crippen LogP contribution >= 0.6 is 0 Å². The first kappa shape index (κ1) is 19.4. The maximum absolute atomic E-state index is 13.0. The van der Waals surface area contributed by atoms with Crippen molar-refractivity contribution in [3.8, 4) is 0 Å². The molecule has 0 radical (unpaired) electrons. The standard InChI is InChI=1S/C20H15FN4O4S/c21-12-5-7-13(8-6-12)22-19(26)15-3-1-2-4-16(15)25-30(28,29)14-9-10-17-18(11-14)24-20(27)23-17/h1-11,25H,(H,22,26)(H2,23,24,27). The van der Waals surface area contributed by atoms with E-state index in [1.807, 2.05) is 0 Å². The van der Waals surface area contributed by atoms with Gasteiger partial charge in [-0.15, -0.1) is 0 Å². The summed E-state index contributed by atoms with van der Waals surface area (Å²) in [5.74, 6) is -1.01. The van der Waals surface area contributed by atoms with Gasteiger partial charge in [-0.3, -0.25) is 9.52 Å². The maximum Gasteiger partial charge on any atom is 0.323 e. The van der Waals surface area contributed by atoms with Gasteiger partial charge >= 0.3 is 5.69 Å². The van der Waals surface area contributed by atoms with Gasteiger partial charge < -0.3 is 15.3 Å². The predicted molar refractivity (Wildman–Crippen MR) is 111 cm³/mol. The van der Waals surface area contributed by atoms with E-state index < -0.39 is 27.4 Å². The van der Waals surface area contributed by atoms with Crippen molar-refractivity contribution in [2.75, 3.05) is 10.0 Å². The summed E-state index contributed by atoms with van der Waals surface area (Å²) in [6, 6.07) is 15.4. The van der Waals surface area contributed by atoms with E-state index in [4.69, 9.17) is 0 Å². The monoisotopic (exact) mass is 426 g/mol. The minimum Gasteiger partial charge on any atom is -0.322 e. The van der Waals surface area contributed by atoms with Crippen molar-refractivity contribution in [1.29, 1.82) is 0 Å². The molecule has 0 bridgehead atoms. The number of imidazole rings is 1. The number of hydrogen-bond acceptors (Lipinski definition) is 4. The molecular formula is C20H15FN4O4S. The Bertz CT molecular complexity index is 1410. The average molecular weight is 426 g/mol. The van der Waals surface area contributed by atoms with Crippen LogP contribution in [0.15, 0.2) is 76.4 Å². The number of aromatic amines is 2. The number of nitrogens with one attached hydrogen (secondary N) is 4. The van der Waals surface area contributed by atoms with Crippen LogP contribution in [0.1, 0.15) is 10.4 Å². The molecule has 1 aromatic heterocycles. The molecule has 1 heterocycles. The third kappa shape index (κ3) is 3.94. The summed E-state index contributed by atoms with van der Waals surface area (Å²) in [6.07, 6.45) is 0. The molecule has 10 heteroatoms. The minimum atomic E-state index is -4.05. The normalized spacial score (nSPS) is 11.4. The number of aromatic nitrogens is 2. The molecule has 1 amide bonds. The molecule has 152 valence electrons. The number of hydrogen-bond donors (Lipinski definition) is 4. The lowest BCUT2D eigenvalue weighted by molar-refractivity contribution is 0.102. The smallest absolute Gasteiger partial charge is 0.322 e. The number of amides is 1. The van der Waals surface area contributed by atoms with Crippen molar-refractivity contribution in [1.82, 2.24) is 9.97 Å². The summed E-state index contributed by atoms with van der Waals surface area (Å²) in [7, 11) is -4.05. The van der Waals surface area contributed by atoms with Gasteiger partial charge in [0, 0.05) is 5.69 Å². The first-order chi connectivity index (χ1) is 14.3. The van der Waals surface area contributed by atoms with Crippen LogP contribution in [0.25, 0.3) is 11.0 Å². The molecule has 0 fully saturated rings. The van der Waals surface area contributed by atoms with Crippen LogP contribution in [0.4, 0.5) is 15.8 Å². The molecular weight excluding hydrogens is 411 g/mol. The van der Waals surface area contributed by atoms with E-state index in [1.165, 1.54) is 54.6 Å². The van der Waals surface area contributed by atoms with Crippen molar-refractivity contribution in [3.05, 3.63) is 88.6 Å². The Morgan fingerprint density at radius 2 is 1.60 bits per heavy atom. The number of fused-ring (bicyclic) bond motifs is 1. The molecule has 4 N–H and O–H groups in total. The van der Waals surface area contributed by atoms with Crippen LogP contribution in [0.3, 0.4) is 0 Å². The number of carbonyl (C=O) groups is 1. The highest BCUT2D eigenvalue weighted by atomic mass is 32.2. The van der Waals surface area contributed by atoms with Crippen molar-refractivity contribution >= 4 is 38.3 Å². The molecule has 0 aliphatic carbocycles. The minimum absolute atomic E-state index is 0.0692. The number of H-pyrrole nitrogens is 2. The average Bonchev–Trinajstić information content (AvgIpc) is 3.09. The Balaban J connectivity index is 1.63. The van der Waals surface area contributed by atoms with Crippen LogP contribution in [0.2, 0.25) is 0 Å². The highest BCUT2D eigenvalue weighted by molar-refractivity contribution is 7.92. The van der Waals surface area contributed by atoms with Crippen LogP contribution in [-0.4, -0.2) is 24.3 Å². The Morgan fingerprint density at radius 3 is 2.37 bits per heavy atom. The van der Waals surface area contributed by atoms with Crippen LogP contribution in [0.5, 0.6) is 0 Å². The van der Waals surface area contributed by atoms with Gasteiger partial charge in [0.15, 0.2) is 0 Å². The molecule has 30 heavy (non-hydrogen) atoms. The van der Waals surface area contributed by atoms with E-state index in [-0.39, 0.29) is 16.1 Å². The van der Waals surface area contributed by atoms with Gasteiger partial charge in [-0.1, -0.05) is 12.1 Å².